The van der Waals surface area contributed by atoms with Gasteiger partial charge in [-0.15, -0.1) is 0 Å². The quantitative estimate of drug-likeness (QED) is 0.742. The van der Waals surface area contributed by atoms with Crippen LogP contribution in [-0.2, 0) is 11.2 Å². The summed E-state index contributed by atoms with van der Waals surface area (Å²) in [5.41, 5.74) is 0.432. The van der Waals surface area contributed by atoms with Gasteiger partial charge in [0.25, 0.3) is 0 Å². The van der Waals surface area contributed by atoms with Crippen molar-refractivity contribution < 1.29 is 9.53 Å². The van der Waals surface area contributed by atoms with Gasteiger partial charge in [-0.2, -0.15) is 0 Å². The molecule has 1 aromatic heterocycles. The summed E-state index contributed by atoms with van der Waals surface area (Å²) in [7, 11) is 1.37. The largest absolute Gasteiger partial charge is 0.464 e. The van der Waals surface area contributed by atoms with Crippen molar-refractivity contribution in [1.29, 1.82) is 0 Å². The topological polar surface area (TPSA) is 67.0 Å². The van der Waals surface area contributed by atoms with Crippen molar-refractivity contribution in [3.8, 4) is 0 Å². The molecule has 0 spiro atoms. The molecule has 0 aromatic carbocycles. The van der Waals surface area contributed by atoms with Gasteiger partial charge in [-0.3, -0.25) is 0 Å². The molecule has 1 aliphatic heterocycles. The summed E-state index contributed by atoms with van der Waals surface area (Å²) >= 11 is 0. The molecule has 2 N–H and O–H groups in total. The second kappa shape index (κ2) is 5.12. The number of piperidine rings is 1. The molecule has 0 saturated carbocycles. The summed E-state index contributed by atoms with van der Waals surface area (Å²) in [4.78, 5) is 18.4. The zero-order valence-electron chi connectivity index (χ0n) is 9.45. The molecule has 1 unspecified atom stereocenters. The molecule has 1 aromatic rings. The summed E-state index contributed by atoms with van der Waals surface area (Å²) in [5.74, 6) is 1.13. The maximum atomic E-state index is 11.2. The summed E-state index contributed by atoms with van der Waals surface area (Å²) in [6.45, 7) is 2.15. The smallest absolute Gasteiger partial charge is 0.356 e. The Balaban J connectivity index is 1.94. The molecule has 5 nitrogen and oxygen atoms in total. The van der Waals surface area contributed by atoms with E-state index in [-0.39, 0.29) is 5.97 Å². The monoisotopic (exact) mass is 223 g/mol. The molecule has 1 saturated heterocycles. The van der Waals surface area contributed by atoms with Crippen LogP contribution in [0, 0.1) is 5.92 Å². The first-order chi connectivity index (χ1) is 7.79. The number of aromatic nitrogens is 2. The number of nitrogens with zero attached hydrogens (tertiary/aromatic N) is 1. The number of nitrogens with one attached hydrogen (secondary N) is 2. The number of carbonyl (C=O) groups is 1. The Kier molecular flexibility index (Phi) is 3.56. The van der Waals surface area contributed by atoms with Gasteiger partial charge in [0.1, 0.15) is 11.5 Å². The van der Waals surface area contributed by atoms with E-state index in [1.165, 1.54) is 26.1 Å². The third-order valence-corrected chi connectivity index (χ3v) is 2.91. The normalized spacial score (nSPS) is 20.7. The van der Waals surface area contributed by atoms with Crippen molar-refractivity contribution in [2.45, 2.75) is 19.3 Å². The lowest BCUT2D eigenvalue weighted by Crippen LogP contribution is -2.31. The second-order valence-corrected chi connectivity index (χ2v) is 4.15. The average molecular weight is 223 g/mol. The number of aromatic amines is 1. The number of ether oxygens (including phenoxy) is 1. The Labute approximate surface area is 94.6 Å². The predicted octanol–water partition coefficient (Wildman–Crippen LogP) is 0.738. The third-order valence-electron chi connectivity index (χ3n) is 2.91. The number of imidazole rings is 1. The van der Waals surface area contributed by atoms with E-state index in [0.29, 0.717) is 11.6 Å². The van der Waals surface area contributed by atoms with Crippen molar-refractivity contribution in [2.24, 2.45) is 5.92 Å². The van der Waals surface area contributed by atoms with Gasteiger partial charge in [0.05, 0.1) is 13.3 Å². The summed E-state index contributed by atoms with van der Waals surface area (Å²) in [6.07, 6.45) is 4.87. The lowest BCUT2D eigenvalue weighted by Gasteiger charge is -2.21. The molecule has 5 heteroatoms. The SMILES string of the molecule is COC(=O)c1cnc(CC2CCCNC2)[nH]1. The van der Waals surface area contributed by atoms with Gasteiger partial charge < -0.3 is 15.0 Å². The number of hydrogen-bond acceptors (Lipinski definition) is 4. The zero-order chi connectivity index (χ0) is 11.4. The number of esters is 1. The molecule has 0 aliphatic carbocycles. The second-order valence-electron chi connectivity index (χ2n) is 4.15. The number of rotatable bonds is 3. The first kappa shape index (κ1) is 11.1. The van der Waals surface area contributed by atoms with E-state index in [1.54, 1.807) is 0 Å². The van der Waals surface area contributed by atoms with Crippen LogP contribution >= 0.6 is 0 Å². The van der Waals surface area contributed by atoms with Crippen LogP contribution in [0.25, 0.3) is 0 Å². The summed E-state index contributed by atoms with van der Waals surface area (Å²) in [5, 5.41) is 3.36. The van der Waals surface area contributed by atoms with E-state index in [1.807, 2.05) is 0 Å². The molecular weight excluding hydrogens is 206 g/mol. The molecule has 0 radical (unpaired) electrons. The van der Waals surface area contributed by atoms with Crippen molar-refractivity contribution in [2.75, 3.05) is 20.2 Å². The number of H-pyrrole nitrogens is 1. The van der Waals surface area contributed by atoms with Gasteiger partial charge >= 0.3 is 5.97 Å². The molecule has 2 rings (SSSR count). The highest BCUT2D eigenvalue weighted by Crippen LogP contribution is 2.14. The van der Waals surface area contributed by atoms with Crippen LogP contribution in [0.1, 0.15) is 29.2 Å². The Bertz CT molecular complexity index is 356. The van der Waals surface area contributed by atoms with Crippen LogP contribution < -0.4 is 5.32 Å². The minimum atomic E-state index is -0.361. The molecule has 1 atom stereocenters. The zero-order valence-corrected chi connectivity index (χ0v) is 9.45. The van der Waals surface area contributed by atoms with E-state index in [4.69, 9.17) is 0 Å². The number of carbonyl (C=O) groups excluding carboxylic acids is 1. The van der Waals surface area contributed by atoms with E-state index >= 15 is 0 Å². The van der Waals surface area contributed by atoms with Gasteiger partial charge in [-0.05, 0) is 31.8 Å². The van der Waals surface area contributed by atoms with Crippen molar-refractivity contribution in [1.82, 2.24) is 15.3 Å². The summed E-state index contributed by atoms with van der Waals surface area (Å²) in [6, 6.07) is 0. The van der Waals surface area contributed by atoms with Crippen LogP contribution in [0.2, 0.25) is 0 Å². The van der Waals surface area contributed by atoms with Crippen molar-refractivity contribution in [3.63, 3.8) is 0 Å². The third kappa shape index (κ3) is 2.61. The lowest BCUT2D eigenvalue weighted by atomic mass is 9.96. The van der Waals surface area contributed by atoms with Gasteiger partial charge in [0, 0.05) is 6.42 Å². The summed E-state index contributed by atoms with van der Waals surface area (Å²) < 4.78 is 4.62. The first-order valence-electron chi connectivity index (χ1n) is 5.62. The fourth-order valence-electron chi connectivity index (χ4n) is 2.05. The van der Waals surface area contributed by atoms with Gasteiger partial charge in [-0.25, -0.2) is 9.78 Å². The number of methoxy groups -OCH3 is 1. The van der Waals surface area contributed by atoms with Crippen LogP contribution in [0.15, 0.2) is 6.20 Å². The molecule has 0 bridgehead atoms. The van der Waals surface area contributed by atoms with Crippen LogP contribution in [0.4, 0.5) is 0 Å². The fourth-order valence-corrected chi connectivity index (χ4v) is 2.05. The van der Waals surface area contributed by atoms with Crippen LogP contribution in [-0.4, -0.2) is 36.1 Å². The Morgan fingerprint density at radius 2 is 2.56 bits per heavy atom. The molecule has 0 amide bonds. The Hall–Kier alpha value is -1.36. The van der Waals surface area contributed by atoms with Crippen LogP contribution in [0.5, 0.6) is 0 Å². The van der Waals surface area contributed by atoms with E-state index in [0.717, 1.165) is 25.3 Å². The maximum absolute atomic E-state index is 11.2. The Morgan fingerprint density at radius 1 is 1.69 bits per heavy atom. The predicted molar refractivity (Wildman–Crippen MR) is 59.2 cm³/mol. The van der Waals surface area contributed by atoms with E-state index < -0.39 is 0 Å². The highest BCUT2D eigenvalue weighted by atomic mass is 16.5. The molecule has 2 heterocycles. The van der Waals surface area contributed by atoms with Crippen molar-refractivity contribution >= 4 is 5.97 Å². The highest BCUT2D eigenvalue weighted by molar-refractivity contribution is 5.86. The minimum absolute atomic E-state index is 0.361. The molecule has 1 fully saturated rings. The lowest BCUT2D eigenvalue weighted by molar-refractivity contribution is 0.0594. The van der Waals surface area contributed by atoms with Gasteiger partial charge in [0.15, 0.2) is 0 Å². The molecule has 16 heavy (non-hydrogen) atoms. The van der Waals surface area contributed by atoms with E-state index in [9.17, 15) is 4.79 Å². The van der Waals surface area contributed by atoms with Crippen LogP contribution in [0.3, 0.4) is 0 Å². The minimum Gasteiger partial charge on any atom is -0.464 e. The average Bonchev–Trinajstić information content (AvgIpc) is 2.78. The van der Waals surface area contributed by atoms with Crippen molar-refractivity contribution in [3.05, 3.63) is 17.7 Å². The van der Waals surface area contributed by atoms with Gasteiger partial charge in [0.2, 0.25) is 0 Å². The first-order valence-corrected chi connectivity index (χ1v) is 5.62. The fraction of sp³-hybridized carbons (Fsp3) is 0.636. The Morgan fingerprint density at radius 3 is 3.25 bits per heavy atom. The van der Waals surface area contributed by atoms with E-state index in [2.05, 4.69) is 20.0 Å². The molecular formula is C11H17N3O2. The highest BCUT2D eigenvalue weighted by Gasteiger charge is 2.16. The molecule has 1 aliphatic rings. The molecule has 88 valence electrons. The standard InChI is InChI=1S/C11H17N3O2/c1-16-11(15)9-7-13-10(14-9)5-8-3-2-4-12-6-8/h7-8,12H,2-6H2,1H3,(H,13,14). The number of hydrogen-bond donors (Lipinski definition) is 2. The van der Waals surface area contributed by atoms with Gasteiger partial charge in [-0.1, -0.05) is 0 Å². The maximum Gasteiger partial charge on any atom is 0.356 e.